The molecular weight excluding hydrogens is 348 g/mol. The van der Waals surface area contributed by atoms with E-state index in [1.807, 2.05) is 48.5 Å². The quantitative estimate of drug-likeness (QED) is 0.539. The Labute approximate surface area is 159 Å². The molecule has 0 saturated carbocycles. The average Bonchev–Trinajstić information content (AvgIpc) is 2.66. The number of carbonyl (C=O) groups excluding carboxylic acids is 1. The summed E-state index contributed by atoms with van der Waals surface area (Å²) < 4.78 is 0. The number of carbonyl (C=O) groups is 1. The van der Waals surface area contributed by atoms with Gasteiger partial charge in [-0.3, -0.25) is 9.79 Å². The van der Waals surface area contributed by atoms with Gasteiger partial charge in [-0.1, -0.05) is 35.9 Å². The highest BCUT2D eigenvalue weighted by atomic mass is 35.5. The van der Waals surface area contributed by atoms with Crippen LogP contribution < -0.4 is 16.0 Å². The topological polar surface area (TPSA) is 65.5 Å². The van der Waals surface area contributed by atoms with Gasteiger partial charge in [-0.05, 0) is 48.7 Å². The molecule has 26 heavy (non-hydrogen) atoms. The third-order valence-electron chi connectivity index (χ3n) is 4.05. The second kappa shape index (κ2) is 9.82. The second-order valence-electron chi connectivity index (χ2n) is 5.95. The van der Waals surface area contributed by atoms with Crippen LogP contribution in [0.3, 0.4) is 0 Å². The van der Waals surface area contributed by atoms with Gasteiger partial charge in [-0.2, -0.15) is 0 Å². The predicted octanol–water partition coefficient (Wildman–Crippen LogP) is 3.17. The molecule has 3 N–H and O–H groups in total. The summed E-state index contributed by atoms with van der Waals surface area (Å²) in [5.41, 5.74) is 2.86. The zero-order valence-electron chi connectivity index (χ0n) is 15.3. The second-order valence-corrected chi connectivity index (χ2v) is 6.39. The Morgan fingerprint density at radius 3 is 2.65 bits per heavy atom. The highest BCUT2D eigenvalue weighted by Crippen LogP contribution is 2.17. The zero-order chi connectivity index (χ0) is 18.9. The standard InChI is InChI=1S/C20H25ClN4O/c1-14(16-7-5-9-18(21)13-16)25-20(23-3)24-11-10-15-6-4-8-17(12-15)19(26)22-2/h4-9,12-14H,10-11H2,1-3H3,(H,22,26)(H2,23,24,25). The fourth-order valence-corrected chi connectivity index (χ4v) is 2.80. The highest BCUT2D eigenvalue weighted by Gasteiger charge is 2.08. The third kappa shape index (κ3) is 5.77. The maximum absolute atomic E-state index is 11.7. The van der Waals surface area contributed by atoms with Crippen LogP contribution in [-0.2, 0) is 6.42 Å². The number of hydrogen-bond donors (Lipinski definition) is 3. The smallest absolute Gasteiger partial charge is 0.251 e. The predicted molar refractivity (Wildman–Crippen MR) is 108 cm³/mol. The van der Waals surface area contributed by atoms with Gasteiger partial charge in [0.15, 0.2) is 5.96 Å². The molecule has 0 heterocycles. The summed E-state index contributed by atoms with van der Waals surface area (Å²) in [5.74, 6) is 0.646. The van der Waals surface area contributed by atoms with Crippen LogP contribution in [0.25, 0.3) is 0 Å². The molecule has 1 atom stereocenters. The zero-order valence-corrected chi connectivity index (χ0v) is 16.1. The maximum atomic E-state index is 11.7. The summed E-state index contributed by atoms with van der Waals surface area (Å²) >= 11 is 6.05. The Bertz CT molecular complexity index is 776. The lowest BCUT2D eigenvalue weighted by Crippen LogP contribution is -2.39. The van der Waals surface area contributed by atoms with E-state index in [0.29, 0.717) is 12.1 Å². The molecule has 0 radical (unpaired) electrons. The van der Waals surface area contributed by atoms with E-state index in [1.165, 1.54) is 0 Å². The molecule has 2 aromatic rings. The number of benzene rings is 2. The van der Waals surface area contributed by atoms with Crippen LogP contribution in [0.1, 0.15) is 34.5 Å². The van der Waals surface area contributed by atoms with Gasteiger partial charge in [0.25, 0.3) is 5.91 Å². The van der Waals surface area contributed by atoms with E-state index < -0.39 is 0 Å². The lowest BCUT2D eigenvalue weighted by atomic mass is 10.1. The summed E-state index contributed by atoms with van der Waals surface area (Å²) in [4.78, 5) is 16.0. The number of guanidine groups is 1. The minimum Gasteiger partial charge on any atom is -0.356 e. The number of rotatable bonds is 6. The molecule has 0 spiro atoms. The molecule has 1 amide bonds. The van der Waals surface area contributed by atoms with Crippen molar-refractivity contribution in [2.75, 3.05) is 20.6 Å². The van der Waals surface area contributed by atoms with Crippen LogP contribution >= 0.6 is 11.6 Å². The molecule has 0 aliphatic heterocycles. The lowest BCUT2D eigenvalue weighted by molar-refractivity contribution is 0.0963. The van der Waals surface area contributed by atoms with E-state index in [4.69, 9.17) is 11.6 Å². The molecule has 0 bridgehead atoms. The van der Waals surface area contributed by atoms with Crippen LogP contribution in [0.15, 0.2) is 53.5 Å². The maximum Gasteiger partial charge on any atom is 0.251 e. The Balaban J connectivity index is 1.88. The van der Waals surface area contributed by atoms with Gasteiger partial charge in [-0.15, -0.1) is 0 Å². The van der Waals surface area contributed by atoms with E-state index >= 15 is 0 Å². The molecule has 0 fully saturated rings. The van der Waals surface area contributed by atoms with Crippen LogP contribution in [0.4, 0.5) is 0 Å². The van der Waals surface area contributed by atoms with Crippen molar-refractivity contribution in [2.24, 2.45) is 4.99 Å². The SMILES string of the molecule is CN=C(NCCc1cccc(C(=O)NC)c1)NC(C)c1cccc(Cl)c1. The van der Waals surface area contributed by atoms with Crippen LogP contribution in [-0.4, -0.2) is 32.5 Å². The van der Waals surface area contributed by atoms with Crippen molar-refractivity contribution in [1.29, 1.82) is 0 Å². The number of amides is 1. The van der Waals surface area contributed by atoms with Crippen molar-refractivity contribution >= 4 is 23.5 Å². The molecule has 0 aromatic heterocycles. The van der Waals surface area contributed by atoms with Crippen molar-refractivity contribution in [3.63, 3.8) is 0 Å². The Hall–Kier alpha value is -2.53. The van der Waals surface area contributed by atoms with Crippen molar-refractivity contribution in [2.45, 2.75) is 19.4 Å². The van der Waals surface area contributed by atoms with Gasteiger partial charge in [0.1, 0.15) is 0 Å². The van der Waals surface area contributed by atoms with E-state index in [-0.39, 0.29) is 11.9 Å². The summed E-state index contributed by atoms with van der Waals surface area (Å²) in [6.07, 6.45) is 0.789. The first-order chi connectivity index (χ1) is 12.5. The van der Waals surface area contributed by atoms with E-state index in [2.05, 4.69) is 27.9 Å². The fraction of sp³-hybridized carbons (Fsp3) is 0.300. The first kappa shape index (κ1) is 19.8. The van der Waals surface area contributed by atoms with E-state index in [0.717, 1.165) is 28.5 Å². The number of halogens is 1. The van der Waals surface area contributed by atoms with Gasteiger partial charge < -0.3 is 16.0 Å². The van der Waals surface area contributed by atoms with Crippen molar-refractivity contribution in [1.82, 2.24) is 16.0 Å². The lowest BCUT2D eigenvalue weighted by Gasteiger charge is -2.18. The van der Waals surface area contributed by atoms with Gasteiger partial charge in [-0.25, -0.2) is 0 Å². The van der Waals surface area contributed by atoms with Gasteiger partial charge in [0, 0.05) is 31.2 Å². The molecule has 5 nitrogen and oxygen atoms in total. The number of aliphatic imine (C=N–C) groups is 1. The third-order valence-corrected chi connectivity index (χ3v) is 4.28. The molecule has 138 valence electrons. The molecule has 2 aromatic carbocycles. The van der Waals surface area contributed by atoms with Crippen molar-refractivity contribution in [3.05, 3.63) is 70.2 Å². The number of nitrogens with one attached hydrogen (secondary N) is 3. The molecule has 0 aliphatic rings. The van der Waals surface area contributed by atoms with Gasteiger partial charge >= 0.3 is 0 Å². The van der Waals surface area contributed by atoms with Crippen LogP contribution in [0.5, 0.6) is 0 Å². The summed E-state index contributed by atoms with van der Waals surface area (Å²) in [5, 5.41) is 10.0. The molecule has 1 unspecified atom stereocenters. The minimum absolute atomic E-state index is 0.0763. The largest absolute Gasteiger partial charge is 0.356 e. The van der Waals surface area contributed by atoms with Crippen LogP contribution in [0.2, 0.25) is 5.02 Å². The Morgan fingerprint density at radius 1 is 1.19 bits per heavy atom. The van der Waals surface area contributed by atoms with E-state index in [1.54, 1.807) is 14.1 Å². The van der Waals surface area contributed by atoms with Crippen molar-refractivity contribution in [3.8, 4) is 0 Å². The number of nitrogens with zero attached hydrogens (tertiary/aromatic N) is 1. The summed E-state index contributed by atoms with van der Waals surface area (Å²) in [6.45, 7) is 2.77. The first-order valence-electron chi connectivity index (χ1n) is 8.57. The molecule has 2 rings (SSSR count). The van der Waals surface area contributed by atoms with Gasteiger partial charge in [0.05, 0.1) is 6.04 Å². The molecule has 0 saturated heterocycles. The highest BCUT2D eigenvalue weighted by molar-refractivity contribution is 6.30. The van der Waals surface area contributed by atoms with E-state index in [9.17, 15) is 4.79 Å². The summed E-state index contributed by atoms with van der Waals surface area (Å²) in [6, 6.07) is 15.5. The molecular formula is C20H25ClN4O. The molecule has 0 aliphatic carbocycles. The number of hydrogen-bond acceptors (Lipinski definition) is 2. The monoisotopic (exact) mass is 372 g/mol. The van der Waals surface area contributed by atoms with Crippen molar-refractivity contribution < 1.29 is 4.79 Å². The Morgan fingerprint density at radius 2 is 1.96 bits per heavy atom. The summed E-state index contributed by atoms with van der Waals surface area (Å²) in [7, 11) is 3.37. The molecule has 6 heteroatoms. The normalized spacial score (nSPS) is 12.4. The van der Waals surface area contributed by atoms with Gasteiger partial charge in [0.2, 0.25) is 0 Å². The fourth-order valence-electron chi connectivity index (χ4n) is 2.60. The first-order valence-corrected chi connectivity index (χ1v) is 8.95. The minimum atomic E-state index is -0.0763. The average molecular weight is 373 g/mol. The van der Waals surface area contributed by atoms with Crippen LogP contribution in [0, 0.1) is 0 Å². The Kier molecular flexibility index (Phi) is 7.48.